The molecular formula is C15H16N2O4S. The van der Waals surface area contributed by atoms with Gasteiger partial charge in [0.1, 0.15) is 15.5 Å². The maximum absolute atomic E-state index is 11.5. The molecule has 1 aliphatic carbocycles. The third kappa shape index (κ3) is 2.89. The molecule has 2 aromatic rings. The van der Waals surface area contributed by atoms with Gasteiger partial charge in [-0.15, -0.1) is 0 Å². The Balaban J connectivity index is 1.85. The molecular weight excluding hydrogens is 304 g/mol. The van der Waals surface area contributed by atoms with Gasteiger partial charge in [0.05, 0.1) is 11.4 Å². The molecule has 0 amide bonds. The number of aromatic nitrogens is 2. The van der Waals surface area contributed by atoms with Gasteiger partial charge in [-0.3, -0.25) is 5.10 Å². The number of carboxylic acid groups (broad SMARTS) is 1. The number of nitrogens with zero attached hydrogens (tertiary/aromatic N) is 1. The van der Waals surface area contributed by atoms with Crippen LogP contribution in [0.25, 0.3) is 11.3 Å². The van der Waals surface area contributed by atoms with Crippen molar-refractivity contribution in [2.24, 2.45) is 0 Å². The van der Waals surface area contributed by atoms with Crippen LogP contribution in [-0.4, -0.2) is 41.7 Å². The smallest absolute Gasteiger partial charge is 0.353 e. The molecule has 1 heterocycles. The van der Waals surface area contributed by atoms with Crippen molar-refractivity contribution in [2.75, 3.05) is 12.0 Å². The lowest BCUT2D eigenvalue weighted by Crippen LogP contribution is -2.19. The van der Waals surface area contributed by atoms with Crippen LogP contribution in [-0.2, 0) is 15.3 Å². The molecule has 22 heavy (non-hydrogen) atoms. The monoisotopic (exact) mass is 320 g/mol. The van der Waals surface area contributed by atoms with E-state index in [9.17, 15) is 13.2 Å². The Morgan fingerprint density at radius 2 is 1.95 bits per heavy atom. The van der Waals surface area contributed by atoms with Crippen LogP contribution in [0.1, 0.15) is 28.9 Å². The summed E-state index contributed by atoms with van der Waals surface area (Å²) < 4.78 is 23.1. The van der Waals surface area contributed by atoms with Crippen LogP contribution in [0, 0.1) is 0 Å². The van der Waals surface area contributed by atoms with Crippen molar-refractivity contribution >= 4 is 15.8 Å². The Hall–Kier alpha value is -2.15. The molecule has 0 bridgehead atoms. The summed E-state index contributed by atoms with van der Waals surface area (Å²) in [7, 11) is -3.02. The highest BCUT2D eigenvalue weighted by molar-refractivity contribution is 7.90. The van der Waals surface area contributed by atoms with Crippen LogP contribution in [0.3, 0.4) is 0 Å². The van der Waals surface area contributed by atoms with Gasteiger partial charge in [0.25, 0.3) is 0 Å². The molecule has 2 N–H and O–H groups in total. The van der Waals surface area contributed by atoms with Gasteiger partial charge in [-0.05, 0) is 24.5 Å². The topological polar surface area (TPSA) is 100 Å². The lowest BCUT2D eigenvalue weighted by Gasteiger charge is -2.14. The minimum atomic E-state index is -3.02. The van der Waals surface area contributed by atoms with Gasteiger partial charge in [0, 0.05) is 17.2 Å². The number of hydrogen-bond donors (Lipinski definition) is 2. The highest BCUT2D eigenvalue weighted by atomic mass is 32.2. The van der Waals surface area contributed by atoms with Crippen LogP contribution < -0.4 is 0 Å². The zero-order valence-corrected chi connectivity index (χ0v) is 12.9. The molecule has 0 unspecified atom stereocenters. The van der Waals surface area contributed by atoms with Crippen molar-refractivity contribution in [2.45, 2.75) is 18.3 Å². The predicted molar refractivity (Wildman–Crippen MR) is 81.6 cm³/mol. The van der Waals surface area contributed by atoms with Gasteiger partial charge in [-0.1, -0.05) is 24.3 Å². The van der Waals surface area contributed by atoms with Crippen LogP contribution in [0.5, 0.6) is 0 Å². The largest absolute Gasteiger partial charge is 0.477 e. The highest BCUT2D eigenvalue weighted by Gasteiger charge is 2.46. The quantitative estimate of drug-likeness (QED) is 0.875. The second kappa shape index (κ2) is 4.95. The van der Waals surface area contributed by atoms with E-state index in [1.165, 1.54) is 12.3 Å². The fraction of sp³-hybridized carbons (Fsp3) is 0.333. The van der Waals surface area contributed by atoms with Gasteiger partial charge in [0.15, 0.2) is 0 Å². The molecule has 0 aliphatic heterocycles. The number of aromatic amines is 1. The second-order valence-electron chi connectivity index (χ2n) is 5.90. The Labute approximate surface area is 128 Å². The zero-order valence-electron chi connectivity index (χ0n) is 12.0. The fourth-order valence-electron chi connectivity index (χ4n) is 2.74. The van der Waals surface area contributed by atoms with Gasteiger partial charge in [0.2, 0.25) is 0 Å². The third-order valence-corrected chi connectivity index (χ3v) is 5.07. The van der Waals surface area contributed by atoms with Crippen LogP contribution in [0.4, 0.5) is 0 Å². The number of sulfone groups is 1. The first-order chi connectivity index (χ1) is 10.3. The van der Waals surface area contributed by atoms with E-state index in [2.05, 4.69) is 10.2 Å². The van der Waals surface area contributed by atoms with Crippen molar-refractivity contribution in [3.05, 3.63) is 41.6 Å². The molecule has 1 saturated carbocycles. The minimum absolute atomic E-state index is 0.0369. The summed E-state index contributed by atoms with van der Waals surface area (Å²) in [6, 6.07) is 8.98. The maximum atomic E-state index is 11.5. The Bertz CT molecular complexity index is 817. The molecule has 1 aromatic carbocycles. The summed E-state index contributed by atoms with van der Waals surface area (Å²) in [6.45, 7) is 0. The number of carboxylic acids is 1. The van der Waals surface area contributed by atoms with Crippen LogP contribution in [0.15, 0.2) is 30.3 Å². The van der Waals surface area contributed by atoms with Crippen molar-refractivity contribution in [3.8, 4) is 11.3 Å². The molecule has 0 radical (unpaired) electrons. The van der Waals surface area contributed by atoms with Crippen LogP contribution >= 0.6 is 0 Å². The SMILES string of the molecule is CS(=O)(=O)CC1(c2ccc(-c3cc(C(=O)O)[nH]n3)cc2)CC1. The molecule has 0 spiro atoms. The fourth-order valence-corrected chi connectivity index (χ4v) is 4.20. The molecule has 1 fully saturated rings. The highest BCUT2D eigenvalue weighted by Crippen LogP contribution is 2.49. The van der Waals surface area contributed by atoms with E-state index in [1.807, 2.05) is 24.3 Å². The second-order valence-corrected chi connectivity index (χ2v) is 8.04. The maximum Gasteiger partial charge on any atom is 0.353 e. The van der Waals surface area contributed by atoms with E-state index in [0.29, 0.717) is 5.69 Å². The molecule has 116 valence electrons. The standard InChI is InChI=1S/C15H16N2O4S/c1-22(20,21)9-15(6-7-15)11-4-2-10(3-5-11)12-8-13(14(18)19)17-16-12/h2-5,8H,6-7,9H2,1H3,(H,16,17)(H,18,19). The normalized spacial score (nSPS) is 16.4. The minimum Gasteiger partial charge on any atom is -0.477 e. The number of nitrogens with one attached hydrogen (secondary N) is 1. The number of benzene rings is 1. The third-order valence-electron chi connectivity index (χ3n) is 3.99. The molecule has 3 rings (SSSR count). The Kier molecular flexibility index (Phi) is 3.32. The van der Waals surface area contributed by atoms with E-state index >= 15 is 0 Å². The predicted octanol–water partition coefficient (Wildman–Crippen LogP) is 1.85. The average molecular weight is 320 g/mol. The van der Waals surface area contributed by atoms with Crippen molar-refractivity contribution in [1.29, 1.82) is 0 Å². The molecule has 7 heteroatoms. The van der Waals surface area contributed by atoms with Crippen molar-refractivity contribution in [3.63, 3.8) is 0 Å². The van der Waals surface area contributed by atoms with Gasteiger partial charge >= 0.3 is 5.97 Å². The number of aromatic carboxylic acids is 1. The number of carbonyl (C=O) groups is 1. The first kappa shape index (κ1) is 14.8. The zero-order chi connectivity index (χ0) is 16.0. The van der Waals surface area contributed by atoms with Crippen molar-refractivity contribution in [1.82, 2.24) is 10.2 Å². The first-order valence-corrected chi connectivity index (χ1v) is 8.93. The van der Waals surface area contributed by atoms with Gasteiger partial charge in [-0.2, -0.15) is 5.10 Å². The molecule has 0 saturated heterocycles. The summed E-state index contributed by atoms with van der Waals surface area (Å²) in [5.41, 5.74) is 2.15. The van der Waals surface area contributed by atoms with Crippen molar-refractivity contribution < 1.29 is 18.3 Å². The van der Waals surface area contributed by atoms with E-state index in [-0.39, 0.29) is 16.9 Å². The van der Waals surface area contributed by atoms with E-state index in [1.54, 1.807) is 0 Å². The number of rotatable bonds is 5. The summed E-state index contributed by atoms with van der Waals surface area (Å²) in [5, 5.41) is 15.3. The molecule has 1 aromatic heterocycles. The van der Waals surface area contributed by atoms with Gasteiger partial charge < -0.3 is 5.11 Å². The molecule has 1 aliphatic rings. The summed E-state index contributed by atoms with van der Waals surface area (Å²) in [6.07, 6.45) is 3.02. The Morgan fingerprint density at radius 1 is 1.32 bits per heavy atom. The van der Waals surface area contributed by atoms with Crippen LogP contribution in [0.2, 0.25) is 0 Å². The lowest BCUT2D eigenvalue weighted by atomic mass is 9.96. The average Bonchev–Trinajstić information content (AvgIpc) is 3.03. The van der Waals surface area contributed by atoms with E-state index < -0.39 is 15.8 Å². The molecule has 0 atom stereocenters. The first-order valence-electron chi connectivity index (χ1n) is 6.86. The molecule has 6 nitrogen and oxygen atoms in total. The van der Waals surface area contributed by atoms with E-state index in [0.717, 1.165) is 24.0 Å². The summed E-state index contributed by atoms with van der Waals surface area (Å²) in [5.74, 6) is -0.884. The lowest BCUT2D eigenvalue weighted by molar-refractivity contribution is 0.0690. The number of H-pyrrole nitrogens is 1. The Morgan fingerprint density at radius 3 is 2.41 bits per heavy atom. The summed E-state index contributed by atoms with van der Waals surface area (Å²) in [4.78, 5) is 10.8. The summed E-state index contributed by atoms with van der Waals surface area (Å²) >= 11 is 0. The number of hydrogen-bond acceptors (Lipinski definition) is 4. The van der Waals surface area contributed by atoms with E-state index in [4.69, 9.17) is 5.11 Å². The van der Waals surface area contributed by atoms with Gasteiger partial charge in [-0.25, -0.2) is 13.2 Å².